The first kappa shape index (κ1) is 104. The fourth-order valence-electron chi connectivity index (χ4n) is 16.5. The fourth-order valence-corrected chi connectivity index (χ4v) is 17.4. The normalized spacial score (nSPS) is 13.1. The van der Waals surface area contributed by atoms with Crippen LogP contribution in [-0.4, -0.2) is 303 Å². The van der Waals surface area contributed by atoms with Crippen LogP contribution in [0.2, 0.25) is 0 Å². The summed E-state index contributed by atoms with van der Waals surface area (Å²) in [6, 6.07) is 32.4. The van der Waals surface area contributed by atoms with Crippen molar-refractivity contribution in [3.8, 4) is 51.7 Å². The molecule has 0 saturated carbocycles. The van der Waals surface area contributed by atoms with E-state index in [2.05, 4.69) is 13.7 Å². The van der Waals surface area contributed by atoms with Crippen molar-refractivity contribution in [1.82, 2.24) is 53.3 Å². The number of aliphatic hydroxyl groups is 3. The number of nitrogens with zero attached hydrogens (tertiary/aromatic N) is 10. The van der Waals surface area contributed by atoms with Gasteiger partial charge in [-0.2, -0.15) is 16.8 Å². The fraction of sp³-hybridized carbons (Fsp3) is 0.384. The molecule has 760 valence electrons. The van der Waals surface area contributed by atoms with Gasteiger partial charge in [0.2, 0.25) is 26.3 Å². The molecule has 0 spiro atoms. The van der Waals surface area contributed by atoms with Crippen molar-refractivity contribution < 1.29 is 131 Å². The van der Waals surface area contributed by atoms with Crippen molar-refractivity contribution in [2.75, 3.05) is 175 Å². The number of fused-ring (bicyclic) bond motifs is 18. The molecule has 0 atom stereocenters. The van der Waals surface area contributed by atoms with Gasteiger partial charge in [0.05, 0.1) is 91.3 Å². The third-order valence-corrected chi connectivity index (χ3v) is 25.2. The van der Waals surface area contributed by atoms with Gasteiger partial charge in [0, 0.05) is 160 Å². The Bertz CT molecular complexity index is 7180. The van der Waals surface area contributed by atoms with E-state index in [4.69, 9.17) is 52.1 Å². The van der Waals surface area contributed by atoms with Gasteiger partial charge in [-0.05, 0) is 167 Å². The molecule has 3 aromatic heterocycles. The predicted molar refractivity (Wildman–Crippen MR) is 528 cm³/mol. The molecule has 0 aliphatic carbocycles. The smallest absolute Gasteiger partial charge is 0.415 e. The van der Waals surface area contributed by atoms with Crippen LogP contribution in [0.15, 0.2) is 136 Å². The lowest BCUT2D eigenvalue weighted by molar-refractivity contribution is -0.145. The number of hydrogen-bond acceptors (Lipinski definition) is 34. The second kappa shape index (κ2) is 45.7. The number of benzene rings is 9. The molecule has 0 fully saturated rings. The summed E-state index contributed by atoms with van der Waals surface area (Å²) < 4.78 is 119. The largest absolute Gasteiger partial charge is 0.464 e. The maximum absolute atomic E-state index is 14.2. The van der Waals surface area contributed by atoms with Gasteiger partial charge in [-0.1, -0.05) is 36.4 Å². The van der Waals surface area contributed by atoms with E-state index < -0.39 is 82.1 Å². The van der Waals surface area contributed by atoms with Gasteiger partial charge >= 0.3 is 30.2 Å². The van der Waals surface area contributed by atoms with Crippen LogP contribution in [0.4, 0.5) is 14.4 Å². The van der Waals surface area contributed by atoms with E-state index >= 15 is 0 Å². The zero-order chi connectivity index (χ0) is 103. The molecule has 0 saturated heterocycles. The molecule has 12 aromatic rings. The van der Waals surface area contributed by atoms with E-state index in [9.17, 15) is 84.9 Å². The number of rotatable bonds is 38. The lowest BCUT2D eigenvalue weighted by atomic mass is 9.98. The zero-order valence-corrected chi connectivity index (χ0v) is 82.3. The number of aromatic nitrogens is 3. The highest BCUT2D eigenvalue weighted by atomic mass is 32.2. The van der Waals surface area contributed by atoms with Gasteiger partial charge < -0.3 is 116 Å². The molecule has 143 heavy (non-hydrogen) atoms. The van der Waals surface area contributed by atoms with E-state index in [1.165, 1.54) is 66.2 Å². The summed E-state index contributed by atoms with van der Waals surface area (Å²) in [6.07, 6.45) is 2.52. The number of pyridine rings is 3. The van der Waals surface area contributed by atoms with E-state index in [1.54, 1.807) is 31.9 Å². The molecule has 42 nitrogen and oxygen atoms in total. The molecule has 0 bridgehead atoms. The SMILES string of the molecule is CN(C)CCn1c(=O)c2cc(OC(=O)N(C)CCNC(=O)CCCOS(C)(=O)=O)c(CO)cc2c2ccc3cc4c(cc3c21)OCO4.CN(C)CCn1c(=O)c2cc(OC(=O)N(C)CCOC(=O)CCCN3C(=O)C=CC3=O)c(CO)cc2c2ccc3cc4c(cc3c21)OCO4.CN(C)CCn1c(=O)c2cc(OC(=O)N(C)CCOC(=O)CCCOS(C)(=O)=O)c(CO)cc2c2ccc3cc4c(cc3c21)OCO4. The molecule has 0 unspecified atom stereocenters. The van der Waals surface area contributed by atoms with Crippen molar-refractivity contribution in [2.45, 2.75) is 78.0 Å². The summed E-state index contributed by atoms with van der Waals surface area (Å²) in [5.41, 5.74) is 2.23. The van der Waals surface area contributed by atoms with Crippen LogP contribution < -0.4 is 64.6 Å². The Balaban J connectivity index is 0.000000170. The first-order valence-corrected chi connectivity index (χ1v) is 49.3. The van der Waals surface area contributed by atoms with E-state index in [0.717, 1.165) is 71.4 Å². The van der Waals surface area contributed by atoms with Gasteiger partial charge in [-0.15, -0.1) is 0 Å². The van der Waals surface area contributed by atoms with Crippen LogP contribution in [0.3, 0.4) is 0 Å². The predicted octanol–water partition coefficient (Wildman–Crippen LogP) is 7.98. The summed E-state index contributed by atoms with van der Waals surface area (Å²) in [5.74, 6) is 1.52. The van der Waals surface area contributed by atoms with Crippen LogP contribution in [0.5, 0.6) is 51.7 Å². The highest BCUT2D eigenvalue weighted by molar-refractivity contribution is 7.86. The number of esters is 2. The van der Waals surface area contributed by atoms with E-state index in [0.29, 0.717) is 134 Å². The Morgan fingerprint density at radius 2 is 0.678 bits per heavy atom. The molecular weight excluding hydrogens is 1900 g/mol. The average molecular weight is 2020 g/mol. The molecule has 4 aliphatic heterocycles. The Kier molecular flexibility index (Phi) is 33.4. The number of nitrogens with one attached hydrogen (secondary N) is 1. The minimum Gasteiger partial charge on any atom is -0.464 e. The maximum atomic E-state index is 14.2. The van der Waals surface area contributed by atoms with E-state index in [1.807, 2.05) is 130 Å². The Morgan fingerprint density at radius 3 is 1.00 bits per heavy atom. The van der Waals surface area contributed by atoms with Crippen molar-refractivity contribution in [3.05, 3.63) is 169 Å². The van der Waals surface area contributed by atoms with Gasteiger partial charge in [-0.25, -0.2) is 14.4 Å². The highest BCUT2D eigenvalue weighted by Crippen LogP contribution is 2.45. The molecule has 44 heteroatoms. The molecule has 6 amide bonds. The number of likely N-dealkylation sites (N-methyl/N-ethyl adjacent to an activating group) is 6. The second-order valence-corrected chi connectivity index (χ2v) is 38.4. The molecule has 0 radical (unpaired) electrons. The average Bonchev–Trinajstić information content (AvgIpc) is 1.52. The van der Waals surface area contributed by atoms with Crippen LogP contribution in [0, 0.1) is 0 Å². The lowest BCUT2D eigenvalue weighted by Crippen LogP contribution is -2.37. The molecular formula is C99H111N11O31S2. The van der Waals surface area contributed by atoms with Crippen molar-refractivity contribution >= 4 is 166 Å². The van der Waals surface area contributed by atoms with Crippen LogP contribution >= 0.6 is 0 Å². The number of carbonyl (C=O) groups is 8. The third kappa shape index (κ3) is 24.9. The van der Waals surface area contributed by atoms with Gasteiger partial charge in [0.15, 0.2) is 34.5 Å². The number of aliphatic hydroxyl groups excluding tert-OH is 3. The number of ether oxygens (including phenoxy) is 11. The quantitative estimate of drug-likeness (QED) is 0.00936. The third-order valence-electron chi connectivity index (χ3n) is 24.0. The Morgan fingerprint density at radius 1 is 0.364 bits per heavy atom. The molecule has 4 aliphatic rings. The first-order chi connectivity index (χ1) is 68.3. The van der Waals surface area contributed by atoms with E-state index in [-0.39, 0.29) is 158 Å². The molecule has 4 N–H and O–H groups in total. The standard InChI is InChI=1S/C35H36N4O10.C32H38N4O10S.C32H37N3O11S/c1-36(2)11-12-39-33-23(7-6-21-16-28-29(17-24(21)33)48-20-47-28)25-15-22(19-40)27(18-26(25)34(39)44)49-35(45)37(3)13-14-46-32(43)5-4-10-38-30(41)8-9-31(38)42;1-34(2)11-12-36-30-22(8-7-20-15-27-28(16-23(20)30)44-19-43-27)24-14-21(18-37)26(17-25(24)31(36)39)46-32(40)35(3)10-9-33-29(38)6-5-13-45-47(4,41)42;1-33(2)9-10-35-30-22(8-7-20-15-27-28(16-23(20)30)44-19-43-27)24-14-21(18-36)26(17-25(24)31(35)38)46-32(39)34(3)11-13-42-29(37)6-5-12-45-47(4,40)41/h6-9,15-18,40H,4-5,10-14,19-20H2,1-3H3;7-8,14-17,37H,5-6,9-13,18-19H2,1-4H3,(H,33,38);7-8,14-17,36H,5-6,9-13,18-19H2,1-4H3. The van der Waals surface area contributed by atoms with Gasteiger partial charge in [0.1, 0.15) is 30.5 Å². The summed E-state index contributed by atoms with van der Waals surface area (Å²) >= 11 is 0. The van der Waals surface area contributed by atoms with Crippen molar-refractivity contribution in [2.24, 2.45) is 0 Å². The summed E-state index contributed by atoms with van der Waals surface area (Å²) in [7, 11) is 8.79. The number of amides is 6. The Hall–Kier alpha value is -14.4. The molecule has 7 heterocycles. The summed E-state index contributed by atoms with van der Waals surface area (Å²) in [6.45, 7) is 1.78. The minimum absolute atomic E-state index is 0.0000379. The minimum atomic E-state index is -3.59. The summed E-state index contributed by atoms with van der Waals surface area (Å²) in [4.78, 5) is 152. The number of imide groups is 1. The summed E-state index contributed by atoms with van der Waals surface area (Å²) in [5, 5.41) is 43.7. The molecule has 16 rings (SSSR count). The van der Waals surface area contributed by atoms with Crippen molar-refractivity contribution in [1.29, 1.82) is 0 Å². The second-order valence-electron chi connectivity index (χ2n) is 35.1. The van der Waals surface area contributed by atoms with Gasteiger partial charge in [0.25, 0.3) is 48.7 Å². The van der Waals surface area contributed by atoms with Crippen molar-refractivity contribution in [3.63, 3.8) is 0 Å². The number of carbonyl (C=O) groups excluding carboxylic acids is 8. The Labute approximate surface area is 819 Å². The molecule has 9 aromatic carbocycles. The van der Waals surface area contributed by atoms with Crippen LogP contribution in [-0.2, 0) is 102 Å². The first-order valence-electron chi connectivity index (χ1n) is 45.7. The lowest BCUT2D eigenvalue weighted by Gasteiger charge is -2.20. The zero-order valence-electron chi connectivity index (χ0n) is 80.7. The topological polar surface area (TPSA) is 486 Å². The van der Waals surface area contributed by atoms with Crippen LogP contribution in [0.25, 0.3) is 97.3 Å². The monoisotopic (exact) mass is 2010 g/mol. The van der Waals surface area contributed by atoms with Gasteiger partial charge in [-0.3, -0.25) is 51.6 Å². The highest BCUT2D eigenvalue weighted by Gasteiger charge is 2.30. The maximum Gasteiger partial charge on any atom is 0.415 e. The van der Waals surface area contributed by atoms with Crippen LogP contribution in [0.1, 0.15) is 55.2 Å². The number of hydrogen-bond donors (Lipinski definition) is 4.